The molecule has 20 heavy (non-hydrogen) atoms. The molecule has 7 nitrogen and oxygen atoms in total. The molecule has 1 aliphatic rings. The minimum Gasteiger partial charge on any atom is -0.355 e. The van der Waals surface area contributed by atoms with E-state index in [9.17, 15) is 8.42 Å². The lowest BCUT2D eigenvalue weighted by atomic mass is 10.1. The van der Waals surface area contributed by atoms with Crippen LogP contribution in [-0.2, 0) is 10.0 Å². The molecule has 2 atom stereocenters. The Kier molecular flexibility index (Phi) is 9.08. The maximum Gasteiger partial charge on any atom is 0.208 e. The third-order valence-electron chi connectivity index (χ3n) is 3.01. The molecule has 1 saturated carbocycles. The molecule has 0 heterocycles. The van der Waals surface area contributed by atoms with Crippen LogP contribution in [0.25, 0.3) is 0 Å². The van der Waals surface area contributed by atoms with Crippen LogP contribution in [0.4, 0.5) is 0 Å². The molecular weight excluding hydrogens is 393 g/mol. The van der Waals surface area contributed by atoms with Crippen LogP contribution in [-0.4, -0.2) is 46.8 Å². The summed E-state index contributed by atoms with van der Waals surface area (Å²) in [5.74, 6) is 0.621. The molecule has 0 amide bonds. The lowest BCUT2D eigenvalue weighted by molar-refractivity contribution is 0.532. The predicted octanol–water partition coefficient (Wildman–Crippen LogP) is 0.0109. The Balaban J connectivity index is 0.00000361. The van der Waals surface area contributed by atoms with Crippen LogP contribution in [0.3, 0.4) is 0 Å². The van der Waals surface area contributed by atoms with Gasteiger partial charge in [0, 0.05) is 26.2 Å². The minimum absolute atomic E-state index is 0. The van der Waals surface area contributed by atoms with Gasteiger partial charge in [0.15, 0.2) is 5.96 Å². The predicted molar refractivity (Wildman–Crippen MR) is 89.5 cm³/mol. The highest BCUT2D eigenvalue weighted by Gasteiger charge is 2.27. The number of nitrogens with one attached hydrogen (secondary N) is 3. The number of guanidine groups is 1. The zero-order valence-electron chi connectivity index (χ0n) is 11.7. The topological polar surface area (TPSA) is 106 Å². The number of hydrogen-bond acceptors (Lipinski definition) is 4. The summed E-state index contributed by atoms with van der Waals surface area (Å²) in [6, 6.07) is 2.42. The first-order valence-electron chi connectivity index (χ1n) is 6.27. The van der Waals surface area contributed by atoms with E-state index < -0.39 is 10.0 Å². The number of rotatable bonds is 5. The third-order valence-corrected chi connectivity index (χ3v) is 3.74. The van der Waals surface area contributed by atoms with Gasteiger partial charge >= 0.3 is 0 Å². The summed E-state index contributed by atoms with van der Waals surface area (Å²) in [6.07, 6.45) is 4.04. The standard InChI is InChI=1S/C11H21N5O2S.HI/c1-13-11(14-6-7-15-19(2,17)18)16-10-5-3-4-9(10)8-12;/h9-10,15H,3-7H2,1-2H3,(H2,13,14,16);1H. The molecule has 1 rings (SSSR count). The second-order valence-corrected chi connectivity index (χ2v) is 6.42. The van der Waals surface area contributed by atoms with Crippen molar-refractivity contribution in [3.63, 3.8) is 0 Å². The second-order valence-electron chi connectivity index (χ2n) is 4.58. The molecule has 1 fully saturated rings. The van der Waals surface area contributed by atoms with Crippen molar-refractivity contribution in [2.45, 2.75) is 25.3 Å². The molecule has 3 N–H and O–H groups in total. The molecule has 0 aromatic rings. The SMILES string of the molecule is CN=C(NCCNS(C)(=O)=O)NC1CCCC1C#N.I. The normalized spacial score (nSPS) is 22.8. The molecule has 9 heteroatoms. The zero-order valence-corrected chi connectivity index (χ0v) is 14.9. The Morgan fingerprint density at radius 3 is 2.65 bits per heavy atom. The van der Waals surface area contributed by atoms with E-state index in [1.165, 1.54) is 0 Å². The fourth-order valence-electron chi connectivity index (χ4n) is 2.07. The molecular formula is C11H22IN5O2S. The number of aliphatic imine (C=N–C) groups is 1. The summed E-state index contributed by atoms with van der Waals surface area (Å²) in [5, 5.41) is 15.2. The fourth-order valence-corrected chi connectivity index (χ4v) is 2.55. The number of nitrogens with zero attached hydrogens (tertiary/aromatic N) is 2. The first-order chi connectivity index (χ1) is 8.96. The Morgan fingerprint density at radius 2 is 2.10 bits per heavy atom. The van der Waals surface area contributed by atoms with Gasteiger partial charge in [-0.1, -0.05) is 0 Å². The molecule has 1 aliphatic carbocycles. The molecule has 0 aliphatic heterocycles. The van der Waals surface area contributed by atoms with E-state index in [1.807, 2.05) is 0 Å². The summed E-state index contributed by atoms with van der Waals surface area (Å²) >= 11 is 0. The van der Waals surface area contributed by atoms with E-state index in [4.69, 9.17) is 5.26 Å². The number of hydrogen-bond donors (Lipinski definition) is 3. The van der Waals surface area contributed by atoms with Gasteiger partial charge < -0.3 is 10.6 Å². The van der Waals surface area contributed by atoms with Gasteiger partial charge in [-0.15, -0.1) is 24.0 Å². The average Bonchev–Trinajstić information content (AvgIpc) is 2.78. The summed E-state index contributed by atoms with van der Waals surface area (Å²) in [6.45, 7) is 0.739. The van der Waals surface area contributed by atoms with Crippen molar-refractivity contribution in [3.8, 4) is 6.07 Å². The van der Waals surface area contributed by atoms with E-state index in [-0.39, 0.29) is 35.9 Å². The van der Waals surface area contributed by atoms with Gasteiger partial charge in [0.2, 0.25) is 10.0 Å². The quantitative estimate of drug-likeness (QED) is 0.254. The molecule has 0 spiro atoms. The van der Waals surface area contributed by atoms with Crippen LogP contribution in [0.2, 0.25) is 0 Å². The van der Waals surface area contributed by atoms with Crippen LogP contribution >= 0.6 is 24.0 Å². The highest BCUT2D eigenvalue weighted by atomic mass is 127. The van der Waals surface area contributed by atoms with Gasteiger partial charge in [-0.05, 0) is 19.3 Å². The molecule has 0 saturated heterocycles. The monoisotopic (exact) mass is 415 g/mol. The Labute approximate surface area is 137 Å². The Bertz CT molecular complexity index is 460. The van der Waals surface area contributed by atoms with Crippen molar-refractivity contribution in [3.05, 3.63) is 0 Å². The summed E-state index contributed by atoms with van der Waals surface area (Å²) in [7, 11) is -1.51. The van der Waals surface area contributed by atoms with Gasteiger partial charge in [-0.3, -0.25) is 4.99 Å². The molecule has 0 aromatic carbocycles. The lowest BCUT2D eigenvalue weighted by Gasteiger charge is -2.19. The zero-order chi connectivity index (χ0) is 14.3. The van der Waals surface area contributed by atoms with Crippen molar-refractivity contribution >= 4 is 40.0 Å². The summed E-state index contributed by atoms with van der Waals surface area (Å²) in [4.78, 5) is 4.06. The van der Waals surface area contributed by atoms with Crippen LogP contribution < -0.4 is 15.4 Å². The van der Waals surface area contributed by atoms with Gasteiger partial charge in [0.05, 0.1) is 18.2 Å². The number of nitriles is 1. The van der Waals surface area contributed by atoms with Crippen LogP contribution in [0.1, 0.15) is 19.3 Å². The first kappa shape index (κ1) is 19.4. The third kappa shape index (κ3) is 7.25. The largest absolute Gasteiger partial charge is 0.355 e. The fraction of sp³-hybridized carbons (Fsp3) is 0.818. The van der Waals surface area contributed by atoms with E-state index in [2.05, 4.69) is 26.4 Å². The molecule has 0 aromatic heterocycles. The Hall–Kier alpha value is -0.600. The van der Waals surface area contributed by atoms with E-state index in [0.29, 0.717) is 19.0 Å². The summed E-state index contributed by atoms with van der Waals surface area (Å²) in [5.41, 5.74) is 0. The molecule has 0 radical (unpaired) electrons. The average molecular weight is 415 g/mol. The summed E-state index contributed by atoms with van der Waals surface area (Å²) < 4.78 is 24.2. The van der Waals surface area contributed by atoms with Crippen LogP contribution in [0.15, 0.2) is 4.99 Å². The van der Waals surface area contributed by atoms with E-state index in [1.54, 1.807) is 7.05 Å². The highest BCUT2D eigenvalue weighted by Crippen LogP contribution is 2.24. The minimum atomic E-state index is -3.16. The van der Waals surface area contributed by atoms with Crippen molar-refractivity contribution in [1.82, 2.24) is 15.4 Å². The van der Waals surface area contributed by atoms with Crippen LogP contribution in [0, 0.1) is 17.2 Å². The first-order valence-corrected chi connectivity index (χ1v) is 8.17. The smallest absolute Gasteiger partial charge is 0.208 e. The van der Waals surface area contributed by atoms with Gasteiger partial charge in [-0.25, -0.2) is 13.1 Å². The van der Waals surface area contributed by atoms with Crippen molar-refractivity contribution in [1.29, 1.82) is 5.26 Å². The van der Waals surface area contributed by atoms with Gasteiger partial charge in [0.25, 0.3) is 0 Å². The van der Waals surface area contributed by atoms with Gasteiger partial charge in [0.1, 0.15) is 0 Å². The second kappa shape index (κ2) is 9.36. The van der Waals surface area contributed by atoms with Gasteiger partial charge in [-0.2, -0.15) is 5.26 Å². The molecule has 2 unspecified atom stereocenters. The molecule has 0 bridgehead atoms. The lowest BCUT2D eigenvalue weighted by Crippen LogP contribution is -2.46. The number of halogens is 1. The maximum atomic E-state index is 10.9. The molecule has 116 valence electrons. The van der Waals surface area contributed by atoms with Crippen LogP contribution in [0.5, 0.6) is 0 Å². The van der Waals surface area contributed by atoms with Crippen molar-refractivity contribution in [2.75, 3.05) is 26.4 Å². The number of sulfonamides is 1. The van der Waals surface area contributed by atoms with Crippen molar-refractivity contribution in [2.24, 2.45) is 10.9 Å². The maximum absolute atomic E-state index is 10.9. The van der Waals surface area contributed by atoms with E-state index >= 15 is 0 Å². The van der Waals surface area contributed by atoms with E-state index in [0.717, 1.165) is 25.5 Å². The van der Waals surface area contributed by atoms with Crippen molar-refractivity contribution < 1.29 is 8.42 Å². The Morgan fingerprint density at radius 1 is 1.40 bits per heavy atom. The highest BCUT2D eigenvalue weighted by molar-refractivity contribution is 14.0.